The van der Waals surface area contributed by atoms with Crippen molar-refractivity contribution in [1.29, 1.82) is 0 Å². The summed E-state index contributed by atoms with van der Waals surface area (Å²) in [6.07, 6.45) is 3.42. The van der Waals surface area contributed by atoms with Gasteiger partial charge in [-0.3, -0.25) is 4.98 Å². The zero-order valence-corrected chi connectivity index (χ0v) is 10.7. The van der Waals surface area contributed by atoms with Crippen molar-refractivity contribution in [2.75, 3.05) is 5.73 Å². The molecule has 0 atom stereocenters. The second-order valence-electron chi connectivity index (χ2n) is 4.45. The summed E-state index contributed by atoms with van der Waals surface area (Å²) in [6, 6.07) is 12.0. The average Bonchev–Trinajstić information content (AvgIpc) is 2.48. The van der Waals surface area contributed by atoms with Gasteiger partial charge in [0.25, 0.3) is 0 Å². The Balaban J connectivity index is 1.88. The first-order valence-electron chi connectivity index (χ1n) is 6.24. The van der Waals surface area contributed by atoms with Crippen molar-refractivity contribution in [2.24, 2.45) is 0 Å². The van der Waals surface area contributed by atoms with E-state index in [1.807, 2.05) is 12.1 Å². The van der Waals surface area contributed by atoms with E-state index in [4.69, 9.17) is 10.5 Å². The van der Waals surface area contributed by atoms with E-state index in [9.17, 15) is 4.39 Å². The molecule has 0 bridgehead atoms. The maximum Gasteiger partial charge on any atom is 0.143 e. The molecule has 1 heterocycles. The number of nitrogen functional groups attached to an aromatic ring is 1. The van der Waals surface area contributed by atoms with E-state index in [1.165, 1.54) is 6.07 Å². The van der Waals surface area contributed by atoms with Crippen LogP contribution in [0.4, 0.5) is 10.1 Å². The molecule has 100 valence electrons. The number of nitrogens with two attached hydrogens (primary N) is 1. The lowest BCUT2D eigenvalue weighted by Gasteiger charge is -2.11. The fourth-order valence-corrected chi connectivity index (χ4v) is 2.07. The molecule has 1 aromatic heterocycles. The van der Waals surface area contributed by atoms with E-state index in [1.54, 1.807) is 36.7 Å². The summed E-state index contributed by atoms with van der Waals surface area (Å²) in [5.41, 5.74) is 7.12. The molecule has 4 heteroatoms. The smallest absolute Gasteiger partial charge is 0.143 e. The second-order valence-corrected chi connectivity index (χ2v) is 4.45. The number of rotatable bonds is 3. The van der Waals surface area contributed by atoms with E-state index >= 15 is 0 Å². The number of hydrogen-bond acceptors (Lipinski definition) is 3. The van der Waals surface area contributed by atoms with Crippen LogP contribution in [0.25, 0.3) is 10.8 Å². The van der Waals surface area contributed by atoms with Gasteiger partial charge in [-0.2, -0.15) is 0 Å². The van der Waals surface area contributed by atoms with Crippen LogP contribution >= 0.6 is 0 Å². The van der Waals surface area contributed by atoms with Crippen molar-refractivity contribution in [1.82, 2.24) is 4.98 Å². The van der Waals surface area contributed by atoms with Crippen molar-refractivity contribution < 1.29 is 9.13 Å². The summed E-state index contributed by atoms with van der Waals surface area (Å²) < 4.78 is 19.2. The zero-order valence-electron chi connectivity index (χ0n) is 10.7. The van der Waals surface area contributed by atoms with Crippen molar-refractivity contribution in [3.63, 3.8) is 0 Å². The SMILES string of the molecule is Nc1c(OCc2ccccc2F)ccc2cnccc12. The van der Waals surface area contributed by atoms with Crippen LogP contribution in [0, 0.1) is 5.82 Å². The minimum absolute atomic E-state index is 0.146. The third-order valence-corrected chi connectivity index (χ3v) is 3.16. The predicted molar refractivity (Wildman–Crippen MR) is 76.9 cm³/mol. The van der Waals surface area contributed by atoms with Crippen molar-refractivity contribution in [2.45, 2.75) is 6.61 Å². The fraction of sp³-hybridized carbons (Fsp3) is 0.0625. The van der Waals surface area contributed by atoms with Gasteiger partial charge in [0, 0.05) is 28.7 Å². The molecule has 0 radical (unpaired) electrons. The van der Waals surface area contributed by atoms with Crippen molar-refractivity contribution in [3.8, 4) is 5.75 Å². The maximum absolute atomic E-state index is 13.5. The Hall–Kier alpha value is -2.62. The first kappa shape index (κ1) is 12.4. The Morgan fingerprint density at radius 3 is 2.80 bits per heavy atom. The summed E-state index contributed by atoms with van der Waals surface area (Å²) in [5.74, 6) is 0.267. The molecule has 0 saturated carbocycles. The Morgan fingerprint density at radius 2 is 1.95 bits per heavy atom. The number of ether oxygens (including phenoxy) is 1. The van der Waals surface area contributed by atoms with Gasteiger partial charge >= 0.3 is 0 Å². The molecule has 0 amide bonds. The first-order valence-corrected chi connectivity index (χ1v) is 6.24. The number of nitrogens with zero attached hydrogens (tertiary/aromatic N) is 1. The molecule has 20 heavy (non-hydrogen) atoms. The minimum Gasteiger partial charge on any atom is -0.487 e. The molecule has 0 aliphatic heterocycles. The van der Waals surface area contributed by atoms with E-state index in [0.717, 1.165) is 10.8 Å². The number of fused-ring (bicyclic) bond motifs is 1. The van der Waals surface area contributed by atoms with Gasteiger partial charge in [-0.25, -0.2) is 4.39 Å². The van der Waals surface area contributed by atoms with Gasteiger partial charge in [0.05, 0.1) is 5.69 Å². The molecule has 2 N–H and O–H groups in total. The lowest BCUT2D eigenvalue weighted by molar-refractivity contribution is 0.302. The van der Waals surface area contributed by atoms with Crippen LogP contribution < -0.4 is 10.5 Å². The van der Waals surface area contributed by atoms with E-state index in [-0.39, 0.29) is 12.4 Å². The number of aromatic nitrogens is 1. The maximum atomic E-state index is 13.5. The summed E-state index contributed by atoms with van der Waals surface area (Å²) in [5, 5.41) is 1.83. The molecular formula is C16H13FN2O. The highest BCUT2D eigenvalue weighted by Gasteiger charge is 2.07. The summed E-state index contributed by atoms with van der Waals surface area (Å²) >= 11 is 0. The van der Waals surface area contributed by atoms with Crippen molar-refractivity contribution in [3.05, 3.63) is 66.2 Å². The Labute approximate surface area is 115 Å². The third kappa shape index (κ3) is 2.28. The predicted octanol–water partition coefficient (Wildman–Crippen LogP) is 3.54. The van der Waals surface area contributed by atoms with E-state index in [2.05, 4.69) is 4.98 Å². The summed E-state index contributed by atoms with van der Waals surface area (Å²) in [4.78, 5) is 4.04. The number of anilines is 1. The van der Waals surface area contributed by atoms with Crippen LogP contribution in [0.15, 0.2) is 54.9 Å². The molecule has 0 unspecified atom stereocenters. The van der Waals surface area contributed by atoms with Gasteiger partial charge in [-0.15, -0.1) is 0 Å². The van der Waals surface area contributed by atoms with Crippen LogP contribution in [-0.4, -0.2) is 4.98 Å². The van der Waals surface area contributed by atoms with Gasteiger partial charge in [-0.1, -0.05) is 18.2 Å². The van der Waals surface area contributed by atoms with Crippen LogP contribution in [0.5, 0.6) is 5.75 Å². The normalized spacial score (nSPS) is 10.7. The van der Waals surface area contributed by atoms with Crippen LogP contribution in [0.2, 0.25) is 0 Å². The van der Waals surface area contributed by atoms with Gasteiger partial charge in [0.1, 0.15) is 18.2 Å². The molecule has 3 rings (SSSR count). The highest BCUT2D eigenvalue weighted by Crippen LogP contribution is 2.30. The zero-order chi connectivity index (χ0) is 13.9. The lowest BCUT2D eigenvalue weighted by atomic mass is 10.1. The van der Waals surface area contributed by atoms with Gasteiger partial charge in [-0.05, 0) is 24.3 Å². The topological polar surface area (TPSA) is 48.1 Å². The van der Waals surface area contributed by atoms with E-state index in [0.29, 0.717) is 17.0 Å². The number of benzene rings is 2. The number of pyridine rings is 1. The highest BCUT2D eigenvalue weighted by atomic mass is 19.1. The monoisotopic (exact) mass is 268 g/mol. The highest BCUT2D eigenvalue weighted by molar-refractivity contribution is 5.95. The Kier molecular flexibility index (Phi) is 3.21. The van der Waals surface area contributed by atoms with Gasteiger partial charge in [0.15, 0.2) is 0 Å². The molecule has 0 spiro atoms. The minimum atomic E-state index is -0.281. The van der Waals surface area contributed by atoms with Crippen LogP contribution in [0.3, 0.4) is 0 Å². The number of halogens is 1. The van der Waals surface area contributed by atoms with Crippen LogP contribution in [0.1, 0.15) is 5.56 Å². The van der Waals surface area contributed by atoms with Crippen molar-refractivity contribution >= 4 is 16.5 Å². The molecule has 0 fully saturated rings. The molecule has 2 aromatic carbocycles. The molecule has 0 aliphatic carbocycles. The van der Waals surface area contributed by atoms with Gasteiger partial charge < -0.3 is 10.5 Å². The van der Waals surface area contributed by atoms with Gasteiger partial charge in [0.2, 0.25) is 0 Å². The second kappa shape index (κ2) is 5.17. The first-order chi connectivity index (χ1) is 9.75. The Morgan fingerprint density at radius 1 is 1.10 bits per heavy atom. The summed E-state index contributed by atoms with van der Waals surface area (Å²) in [6.45, 7) is 0.146. The standard InChI is InChI=1S/C16H13FN2O/c17-14-4-2-1-3-12(14)10-20-15-6-5-11-9-19-8-7-13(11)16(15)18/h1-9H,10,18H2. The molecule has 0 aliphatic rings. The largest absolute Gasteiger partial charge is 0.487 e. The third-order valence-electron chi connectivity index (χ3n) is 3.16. The van der Waals surface area contributed by atoms with Crippen LogP contribution in [-0.2, 0) is 6.61 Å². The molecule has 3 nitrogen and oxygen atoms in total. The molecular weight excluding hydrogens is 255 g/mol. The number of hydrogen-bond donors (Lipinski definition) is 1. The lowest BCUT2D eigenvalue weighted by Crippen LogP contribution is -2.01. The Bertz CT molecular complexity index is 758. The molecule has 0 saturated heterocycles. The quantitative estimate of drug-likeness (QED) is 0.739. The average molecular weight is 268 g/mol. The fourth-order valence-electron chi connectivity index (χ4n) is 2.07. The molecule has 3 aromatic rings. The summed E-state index contributed by atoms with van der Waals surface area (Å²) in [7, 11) is 0. The van der Waals surface area contributed by atoms with E-state index < -0.39 is 0 Å².